The number of amides is 1. The minimum Gasteiger partial charge on any atom is -0.459 e. The number of terminal acetylenes is 3. The number of quaternary nitrogens is 1. The van der Waals surface area contributed by atoms with Gasteiger partial charge in [-0.15, -0.1) is 19.3 Å². The smallest absolute Gasteiger partial charge is 0.333 e. The topological polar surface area (TPSA) is 55.4 Å². The molecule has 1 amide bonds. The van der Waals surface area contributed by atoms with Crippen LogP contribution < -0.4 is 5.32 Å². The molecule has 0 aromatic carbocycles. The zero-order valence-electron chi connectivity index (χ0n) is 20.1. The maximum Gasteiger partial charge on any atom is 0.333 e. The van der Waals surface area contributed by atoms with E-state index in [0.29, 0.717) is 49.1 Å². The van der Waals surface area contributed by atoms with Crippen LogP contribution in [0.5, 0.6) is 0 Å². The summed E-state index contributed by atoms with van der Waals surface area (Å²) in [4.78, 5) is 24.1. The molecule has 0 aromatic heterocycles. The van der Waals surface area contributed by atoms with Crippen molar-refractivity contribution in [2.24, 2.45) is 0 Å². The summed E-state index contributed by atoms with van der Waals surface area (Å²) < 4.78 is 6.04. The first-order valence-electron chi connectivity index (χ1n) is 11.6. The lowest BCUT2D eigenvalue weighted by Crippen LogP contribution is -2.49. The van der Waals surface area contributed by atoms with E-state index in [4.69, 9.17) is 24.0 Å². The molecule has 32 heavy (non-hydrogen) atoms. The van der Waals surface area contributed by atoms with Crippen LogP contribution in [0.1, 0.15) is 71.6 Å². The van der Waals surface area contributed by atoms with Gasteiger partial charge in [0.25, 0.3) is 0 Å². The fourth-order valence-electron chi connectivity index (χ4n) is 3.48. The minimum absolute atomic E-state index is 0.0356. The molecule has 0 aliphatic carbocycles. The molecule has 0 aliphatic heterocycles. The zero-order valence-corrected chi connectivity index (χ0v) is 20.1. The average molecular weight is 442 g/mol. The van der Waals surface area contributed by atoms with Crippen LogP contribution in [0.15, 0.2) is 12.2 Å². The summed E-state index contributed by atoms with van der Waals surface area (Å²) in [6.45, 7) is 10.3. The zero-order chi connectivity index (χ0) is 24.2. The molecule has 0 fully saturated rings. The van der Waals surface area contributed by atoms with Crippen LogP contribution in [-0.2, 0) is 14.3 Å². The van der Waals surface area contributed by atoms with Crippen LogP contribution in [-0.4, -0.2) is 55.2 Å². The van der Waals surface area contributed by atoms with E-state index in [1.54, 1.807) is 6.92 Å². The van der Waals surface area contributed by atoms with Crippen molar-refractivity contribution in [1.82, 2.24) is 5.32 Å². The number of carbonyl (C=O) groups excluding carboxylic acids is 2. The van der Waals surface area contributed by atoms with Crippen molar-refractivity contribution >= 4 is 11.9 Å². The predicted octanol–water partition coefficient (Wildman–Crippen LogP) is 3.84. The molecule has 1 unspecified atom stereocenters. The van der Waals surface area contributed by atoms with Crippen molar-refractivity contribution < 1.29 is 18.8 Å². The number of ether oxygens (including phenoxy) is 1. The van der Waals surface area contributed by atoms with Crippen LogP contribution in [0.3, 0.4) is 0 Å². The summed E-state index contributed by atoms with van der Waals surface area (Å²) in [5, 5.41) is 2.95. The second kappa shape index (κ2) is 17.9. The highest BCUT2D eigenvalue weighted by atomic mass is 16.5. The number of esters is 1. The molecular weight excluding hydrogens is 400 g/mol. The van der Waals surface area contributed by atoms with E-state index in [-0.39, 0.29) is 12.0 Å². The molecule has 0 saturated heterocycles. The van der Waals surface area contributed by atoms with Crippen molar-refractivity contribution in [2.75, 3.05) is 32.7 Å². The molecule has 0 radical (unpaired) electrons. The van der Waals surface area contributed by atoms with Gasteiger partial charge in [-0.3, -0.25) is 9.28 Å². The Morgan fingerprint density at radius 3 is 2.12 bits per heavy atom. The molecule has 0 aromatic rings. The number of carbonyl (C=O) groups is 2. The lowest BCUT2D eigenvalue weighted by Gasteiger charge is -2.33. The summed E-state index contributed by atoms with van der Waals surface area (Å²) >= 11 is 0. The maximum atomic E-state index is 12.3. The van der Waals surface area contributed by atoms with E-state index in [1.807, 2.05) is 0 Å². The molecule has 0 heterocycles. The molecule has 0 saturated carbocycles. The molecule has 0 spiro atoms. The van der Waals surface area contributed by atoms with Crippen molar-refractivity contribution in [3.05, 3.63) is 12.2 Å². The van der Waals surface area contributed by atoms with Crippen LogP contribution in [0.2, 0.25) is 0 Å². The number of rotatable bonds is 18. The van der Waals surface area contributed by atoms with Crippen LogP contribution in [0, 0.1) is 37.0 Å². The van der Waals surface area contributed by atoms with Crippen molar-refractivity contribution in [3.8, 4) is 37.0 Å². The number of unbranched alkanes of at least 4 members (excludes halogenated alkanes) is 4. The fourth-order valence-corrected chi connectivity index (χ4v) is 3.48. The SMILES string of the molecule is C#CC[N+](CC#C)(CC#C)CCCCNC(=O)CCC(CCCCCC)OC(=O)C(=C)C. The van der Waals surface area contributed by atoms with Gasteiger partial charge in [0.1, 0.15) is 25.7 Å². The third-order valence-corrected chi connectivity index (χ3v) is 5.36. The Kier molecular flexibility index (Phi) is 16.4. The number of hydrogen-bond donors (Lipinski definition) is 1. The summed E-state index contributed by atoms with van der Waals surface area (Å²) in [6.07, 6.45) is 23.9. The van der Waals surface area contributed by atoms with Crippen molar-refractivity contribution in [3.63, 3.8) is 0 Å². The molecule has 1 N–H and O–H groups in total. The largest absolute Gasteiger partial charge is 0.459 e. The maximum absolute atomic E-state index is 12.3. The van der Waals surface area contributed by atoms with E-state index in [2.05, 4.69) is 36.6 Å². The number of nitrogens with one attached hydrogen (secondary N) is 1. The first kappa shape index (κ1) is 29.3. The molecule has 5 nitrogen and oxygen atoms in total. The number of nitrogens with zero attached hydrogens (tertiary/aromatic N) is 1. The van der Waals surface area contributed by atoms with Gasteiger partial charge in [0.15, 0.2) is 0 Å². The van der Waals surface area contributed by atoms with E-state index >= 15 is 0 Å². The van der Waals surface area contributed by atoms with Gasteiger partial charge in [-0.05, 0) is 56.8 Å². The van der Waals surface area contributed by atoms with Crippen LogP contribution >= 0.6 is 0 Å². The number of hydrogen-bond acceptors (Lipinski definition) is 3. The molecule has 176 valence electrons. The Balaban J connectivity index is 4.41. The molecule has 1 atom stereocenters. The second-order valence-corrected chi connectivity index (χ2v) is 8.40. The highest BCUT2D eigenvalue weighted by Crippen LogP contribution is 2.15. The van der Waals surface area contributed by atoms with Gasteiger partial charge < -0.3 is 10.1 Å². The van der Waals surface area contributed by atoms with E-state index in [9.17, 15) is 9.59 Å². The third kappa shape index (κ3) is 13.6. The van der Waals surface area contributed by atoms with Gasteiger partial charge in [0, 0.05) is 18.5 Å². The van der Waals surface area contributed by atoms with E-state index in [1.165, 1.54) is 0 Å². The Bertz CT molecular complexity index is 665. The fraction of sp³-hybridized carbons (Fsp3) is 0.630. The van der Waals surface area contributed by atoms with Crippen molar-refractivity contribution in [2.45, 2.75) is 77.7 Å². The lowest BCUT2D eigenvalue weighted by molar-refractivity contribution is -0.908. The van der Waals surface area contributed by atoms with Gasteiger partial charge >= 0.3 is 5.97 Å². The monoisotopic (exact) mass is 441 g/mol. The summed E-state index contributed by atoms with van der Waals surface area (Å²) in [5.74, 6) is 7.60. The molecule has 5 heteroatoms. The molecule has 0 bridgehead atoms. The summed E-state index contributed by atoms with van der Waals surface area (Å²) in [5.41, 5.74) is 0.377. The average Bonchev–Trinajstić information content (AvgIpc) is 2.75. The van der Waals surface area contributed by atoms with Gasteiger partial charge in [-0.1, -0.05) is 32.8 Å². The van der Waals surface area contributed by atoms with Crippen LogP contribution in [0.4, 0.5) is 0 Å². The van der Waals surface area contributed by atoms with E-state index < -0.39 is 5.97 Å². The summed E-state index contributed by atoms with van der Waals surface area (Å²) in [7, 11) is 0. The van der Waals surface area contributed by atoms with Gasteiger partial charge in [-0.2, -0.15) is 0 Å². The third-order valence-electron chi connectivity index (χ3n) is 5.36. The standard InChI is InChI=1S/C27H40N2O3/c1-7-11-12-13-16-25(32-27(31)24(5)6)17-18-26(30)28-19-14-15-23-29(20-8-2,21-9-3)22-10-4/h2-4,25H,5,7,11-23H2,1,6H3/p+1. The Morgan fingerprint density at radius 2 is 1.59 bits per heavy atom. The van der Waals surface area contributed by atoms with Gasteiger partial charge in [0.2, 0.25) is 5.91 Å². The lowest BCUT2D eigenvalue weighted by atomic mass is 10.0. The van der Waals surface area contributed by atoms with E-state index in [0.717, 1.165) is 51.5 Å². The normalized spacial score (nSPS) is 11.5. The minimum atomic E-state index is -0.390. The van der Waals surface area contributed by atoms with Crippen LogP contribution in [0.25, 0.3) is 0 Å². The Morgan fingerprint density at radius 1 is 0.969 bits per heavy atom. The van der Waals surface area contributed by atoms with Gasteiger partial charge in [0.05, 0.1) is 6.54 Å². The second-order valence-electron chi connectivity index (χ2n) is 8.40. The highest BCUT2D eigenvalue weighted by Gasteiger charge is 2.23. The predicted molar refractivity (Wildman–Crippen MR) is 131 cm³/mol. The van der Waals surface area contributed by atoms with Gasteiger partial charge in [-0.25, -0.2) is 4.79 Å². The highest BCUT2D eigenvalue weighted by molar-refractivity contribution is 5.87. The first-order valence-corrected chi connectivity index (χ1v) is 11.6. The molecule has 0 rings (SSSR count). The Labute approximate surface area is 195 Å². The molecular formula is C27H41N2O3+. The first-order chi connectivity index (χ1) is 15.3. The quantitative estimate of drug-likeness (QED) is 0.116. The van der Waals surface area contributed by atoms with Crippen molar-refractivity contribution in [1.29, 1.82) is 0 Å². The summed E-state index contributed by atoms with van der Waals surface area (Å²) in [6, 6.07) is 0. The molecule has 0 aliphatic rings. The Hall–Kier alpha value is -2.68.